The number of nitrogens with two attached hydrogens (primary N) is 1. The largest absolute Gasteiger partial charge is 0.390 e. The van der Waals surface area contributed by atoms with Gasteiger partial charge in [-0.05, 0) is 80.0 Å². The van der Waals surface area contributed by atoms with Crippen LogP contribution in [0, 0.1) is 0 Å². The summed E-state index contributed by atoms with van der Waals surface area (Å²) < 4.78 is 27.0. The molecule has 2 aromatic rings. The summed E-state index contributed by atoms with van der Waals surface area (Å²) in [4.78, 5) is 35.0. The second-order valence-electron chi connectivity index (χ2n) is 8.73. The number of sulfonamides is 1. The van der Waals surface area contributed by atoms with E-state index in [4.69, 9.17) is 29.6 Å². The van der Waals surface area contributed by atoms with Gasteiger partial charge in [-0.25, -0.2) is 13.4 Å². The third-order valence-corrected chi connectivity index (χ3v) is 8.35. The number of piperazine rings is 1. The smallest absolute Gasteiger partial charge is 0.263 e. The molecular formula is C24H27ClN6O4S2. The van der Waals surface area contributed by atoms with Gasteiger partial charge < -0.3 is 20.4 Å². The molecule has 0 aliphatic carbocycles. The number of benzene rings is 2. The minimum Gasteiger partial charge on any atom is -0.390 e. The molecule has 2 heterocycles. The zero-order valence-corrected chi connectivity index (χ0v) is 22.5. The fourth-order valence-electron chi connectivity index (χ4n) is 4.60. The van der Waals surface area contributed by atoms with Crippen molar-refractivity contribution >= 4 is 68.5 Å². The standard InChI is InChI=1S/C24H27ClN6O4S2/c1-16(30-10-2-3-17-13-18(25)4-9-21(17)30)23(33)29-11-12-31(22(32)14-29)19-5-7-20(8-6-19)37(34,35)28-24(36)27-15-26/h4-9,13,15-16H,2-3,10-12,14H2,1H3,(H3,26,27,28,36)/t16-/m1/s1. The van der Waals surface area contributed by atoms with E-state index < -0.39 is 16.1 Å². The van der Waals surface area contributed by atoms with Gasteiger partial charge in [-0.2, -0.15) is 0 Å². The van der Waals surface area contributed by atoms with Crippen LogP contribution >= 0.6 is 23.8 Å². The van der Waals surface area contributed by atoms with Gasteiger partial charge in [-0.1, -0.05) is 11.6 Å². The summed E-state index contributed by atoms with van der Waals surface area (Å²) in [5.74, 6) is -0.357. The van der Waals surface area contributed by atoms with Gasteiger partial charge in [0.1, 0.15) is 12.6 Å². The SMILES string of the molecule is C[C@H](C(=O)N1CCN(c2ccc(S(=O)(=O)NC(=S)N=CN)cc2)C(=O)C1)N1CCCc2cc(Cl)ccc21. The third kappa shape index (κ3) is 5.86. The quantitative estimate of drug-likeness (QED) is 0.323. The Labute approximate surface area is 226 Å². The second kappa shape index (κ2) is 11.0. The molecule has 0 spiro atoms. The van der Waals surface area contributed by atoms with Crippen molar-refractivity contribution in [2.45, 2.75) is 30.7 Å². The molecule has 37 heavy (non-hydrogen) atoms. The summed E-state index contributed by atoms with van der Waals surface area (Å²) >= 11 is 10.9. The van der Waals surface area contributed by atoms with E-state index in [9.17, 15) is 18.0 Å². The number of rotatable bonds is 5. The Morgan fingerprint density at radius 3 is 2.59 bits per heavy atom. The molecule has 2 aromatic carbocycles. The molecule has 2 amide bonds. The van der Waals surface area contributed by atoms with Gasteiger partial charge in [0.2, 0.25) is 16.9 Å². The molecule has 10 nitrogen and oxygen atoms in total. The van der Waals surface area contributed by atoms with Crippen LogP contribution in [0.5, 0.6) is 0 Å². The molecule has 1 atom stereocenters. The molecule has 3 N–H and O–H groups in total. The Hall–Kier alpha value is -3.22. The van der Waals surface area contributed by atoms with Gasteiger partial charge >= 0.3 is 0 Å². The number of halogens is 1. The van der Waals surface area contributed by atoms with E-state index in [-0.39, 0.29) is 28.4 Å². The van der Waals surface area contributed by atoms with E-state index in [1.54, 1.807) is 9.80 Å². The molecule has 0 saturated carbocycles. The number of nitrogens with zero attached hydrogens (tertiary/aromatic N) is 4. The summed E-state index contributed by atoms with van der Waals surface area (Å²) in [5, 5.41) is 0.390. The Morgan fingerprint density at radius 2 is 1.92 bits per heavy atom. The lowest BCUT2D eigenvalue weighted by atomic mass is 10.00. The topological polar surface area (TPSA) is 128 Å². The van der Waals surface area contributed by atoms with Crippen LogP contribution < -0.4 is 20.3 Å². The van der Waals surface area contributed by atoms with Gasteiger partial charge in [0.15, 0.2) is 0 Å². The average Bonchev–Trinajstić information content (AvgIpc) is 2.87. The molecule has 13 heteroatoms. The van der Waals surface area contributed by atoms with Gasteiger partial charge in [-0.3, -0.25) is 14.3 Å². The highest BCUT2D eigenvalue weighted by molar-refractivity contribution is 7.91. The maximum absolute atomic E-state index is 13.3. The first-order valence-corrected chi connectivity index (χ1v) is 13.9. The Balaban J connectivity index is 1.41. The highest BCUT2D eigenvalue weighted by Gasteiger charge is 2.34. The zero-order valence-electron chi connectivity index (χ0n) is 20.1. The summed E-state index contributed by atoms with van der Waals surface area (Å²) in [6, 6.07) is 11.1. The molecule has 1 saturated heterocycles. The summed E-state index contributed by atoms with van der Waals surface area (Å²) in [6.45, 7) is 3.22. The van der Waals surface area contributed by atoms with Crippen molar-refractivity contribution in [1.29, 1.82) is 0 Å². The van der Waals surface area contributed by atoms with Gasteiger partial charge in [0.25, 0.3) is 10.0 Å². The molecule has 196 valence electrons. The molecule has 4 rings (SSSR count). The summed E-state index contributed by atoms with van der Waals surface area (Å²) in [7, 11) is -3.94. The van der Waals surface area contributed by atoms with Crippen LogP contribution in [0.1, 0.15) is 18.9 Å². The van der Waals surface area contributed by atoms with Gasteiger partial charge in [-0.15, -0.1) is 0 Å². The van der Waals surface area contributed by atoms with Crippen molar-refractivity contribution < 1.29 is 18.0 Å². The number of hydrogen-bond donors (Lipinski definition) is 2. The molecule has 1 fully saturated rings. The van der Waals surface area contributed by atoms with E-state index in [1.165, 1.54) is 24.3 Å². The van der Waals surface area contributed by atoms with Crippen LogP contribution in [0.15, 0.2) is 52.4 Å². The number of thiocarbonyl (C=S) groups is 1. The van der Waals surface area contributed by atoms with Crippen LogP contribution in [-0.2, 0) is 26.0 Å². The van der Waals surface area contributed by atoms with Crippen LogP contribution in [0.3, 0.4) is 0 Å². The Bertz CT molecular complexity index is 1350. The highest BCUT2D eigenvalue weighted by Crippen LogP contribution is 2.31. The number of carbonyl (C=O) groups is 2. The second-order valence-corrected chi connectivity index (χ2v) is 11.2. The van der Waals surface area contributed by atoms with Crippen molar-refractivity contribution in [3.05, 3.63) is 53.1 Å². The fourth-order valence-corrected chi connectivity index (χ4v) is 6.08. The first-order valence-electron chi connectivity index (χ1n) is 11.7. The third-order valence-electron chi connectivity index (χ3n) is 6.43. The number of aliphatic imine (C=N–C) groups is 1. The summed E-state index contributed by atoms with van der Waals surface area (Å²) in [6.07, 6.45) is 2.73. The van der Waals surface area contributed by atoms with Crippen LogP contribution in [-0.4, -0.2) is 68.8 Å². The number of hydrogen-bond acceptors (Lipinski definition) is 6. The Kier molecular flexibility index (Phi) is 8.00. The maximum Gasteiger partial charge on any atom is 0.263 e. The minimum absolute atomic E-state index is 0.0380. The van der Waals surface area contributed by atoms with E-state index in [0.29, 0.717) is 23.8 Å². The van der Waals surface area contributed by atoms with Crippen LogP contribution in [0.2, 0.25) is 5.02 Å². The first kappa shape index (κ1) is 26.8. The lowest BCUT2D eigenvalue weighted by molar-refractivity contribution is -0.137. The number of anilines is 2. The lowest BCUT2D eigenvalue weighted by Gasteiger charge is -2.40. The number of amides is 2. The van der Waals surface area contributed by atoms with Crippen molar-refractivity contribution in [2.24, 2.45) is 10.7 Å². The average molecular weight is 563 g/mol. The highest BCUT2D eigenvalue weighted by atomic mass is 35.5. The van der Waals surface area contributed by atoms with Crippen molar-refractivity contribution in [3.8, 4) is 0 Å². The number of nitrogens with one attached hydrogen (secondary N) is 1. The number of carbonyl (C=O) groups excluding carboxylic acids is 2. The van der Waals surface area contributed by atoms with E-state index >= 15 is 0 Å². The van der Waals surface area contributed by atoms with Crippen LogP contribution in [0.25, 0.3) is 0 Å². The molecule has 2 aliphatic rings. The first-order chi connectivity index (χ1) is 17.6. The van der Waals surface area contributed by atoms with Gasteiger partial charge in [0, 0.05) is 36.0 Å². The molecular weight excluding hydrogens is 536 g/mol. The number of fused-ring (bicyclic) bond motifs is 1. The predicted molar refractivity (Wildman–Crippen MR) is 148 cm³/mol. The molecule has 0 radical (unpaired) electrons. The molecule has 0 bridgehead atoms. The zero-order chi connectivity index (χ0) is 26.7. The predicted octanol–water partition coefficient (Wildman–Crippen LogP) is 1.91. The van der Waals surface area contributed by atoms with E-state index in [1.807, 2.05) is 25.1 Å². The van der Waals surface area contributed by atoms with Crippen molar-refractivity contribution in [2.75, 3.05) is 36.0 Å². The fraction of sp³-hybridized carbons (Fsp3) is 0.333. The number of aryl methyl sites for hydroxylation is 1. The van der Waals surface area contributed by atoms with Crippen molar-refractivity contribution in [1.82, 2.24) is 9.62 Å². The molecule has 0 aromatic heterocycles. The summed E-state index contributed by atoms with van der Waals surface area (Å²) in [5.41, 5.74) is 7.78. The van der Waals surface area contributed by atoms with E-state index in [0.717, 1.165) is 37.0 Å². The van der Waals surface area contributed by atoms with Crippen molar-refractivity contribution in [3.63, 3.8) is 0 Å². The minimum atomic E-state index is -3.94. The van der Waals surface area contributed by atoms with Crippen LogP contribution in [0.4, 0.5) is 11.4 Å². The van der Waals surface area contributed by atoms with Gasteiger partial charge in [0.05, 0.1) is 11.2 Å². The Morgan fingerprint density at radius 1 is 1.19 bits per heavy atom. The molecule has 0 unspecified atom stereocenters. The molecule has 2 aliphatic heterocycles. The normalized spacial score (nSPS) is 17.0. The monoisotopic (exact) mass is 562 g/mol. The van der Waals surface area contributed by atoms with E-state index in [2.05, 4.69) is 14.6 Å². The maximum atomic E-state index is 13.3. The lowest BCUT2D eigenvalue weighted by Crippen LogP contribution is -2.57.